The fraction of sp³-hybridized carbons (Fsp3) is 0.455. The number of hydrogen-bond donors (Lipinski definition) is 0. The van der Waals surface area contributed by atoms with Crippen LogP contribution in [0.2, 0.25) is 0 Å². The number of hydrogen-bond acceptors (Lipinski definition) is 2. The summed E-state index contributed by atoms with van der Waals surface area (Å²) in [5.74, 6) is 0.467. The van der Waals surface area contributed by atoms with Gasteiger partial charge in [0.1, 0.15) is 0 Å². The van der Waals surface area contributed by atoms with E-state index in [4.69, 9.17) is 0 Å². The van der Waals surface area contributed by atoms with Crippen molar-refractivity contribution >= 4 is 12.0 Å². The maximum atomic E-state index is 10.4. The quantitative estimate of drug-likeness (QED) is 0.276. The fourth-order valence-corrected chi connectivity index (χ4v) is 0.730. The van der Waals surface area contributed by atoms with E-state index in [1.54, 1.807) is 6.20 Å². The molecule has 1 atom stereocenters. The maximum absolute atomic E-state index is 10.4. The summed E-state index contributed by atoms with van der Waals surface area (Å²) in [6.07, 6.45) is 4.87. The van der Waals surface area contributed by atoms with Crippen molar-refractivity contribution in [3.8, 4) is 0 Å². The normalized spacial score (nSPS) is 15.3. The summed E-state index contributed by atoms with van der Waals surface area (Å²) in [4.78, 5) is 14.6. The van der Waals surface area contributed by atoms with Crippen LogP contribution >= 0.6 is 0 Å². The van der Waals surface area contributed by atoms with Crippen LogP contribution in [0.4, 0.5) is 0 Å². The fourth-order valence-electron chi connectivity index (χ4n) is 0.730. The van der Waals surface area contributed by atoms with E-state index in [0.717, 1.165) is 18.4 Å². The lowest BCUT2D eigenvalue weighted by Gasteiger charge is -2.05. The number of aliphatic imine (C=N–C) groups is 1. The monoisotopic (exact) mass is 179 g/mol. The third-order valence-electron chi connectivity index (χ3n) is 2.11. The van der Waals surface area contributed by atoms with Gasteiger partial charge in [-0.05, 0) is 19.3 Å². The topological polar surface area (TPSA) is 29.4 Å². The van der Waals surface area contributed by atoms with Crippen molar-refractivity contribution in [1.82, 2.24) is 0 Å². The Labute approximate surface area is 80.1 Å². The van der Waals surface area contributed by atoms with Gasteiger partial charge in [0, 0.05) is 17.5 Å². The lowest BCUT2D eigenvalue weighted by molar-refractivity contribution is -0.104. The zero-order valence-electron chi connectivity index (χ0n) is 8.58. The molecule has 0 saturated carbocycles. The molecule has 0 bridgehead atoms. The molecule has 2 nitrogen and oxygen atoms in total. The standard InChI is InChI=1S/C11H17NO/c1-5-9(3)10(4)12-7-11(6-2)8-13/h6-9H,2,5H2,1,3-4H3/b11-7+,12-10?. The first kappa shape index (κ1) is 11.8. The highest BCUT2D eigenvalue weighted by molar-refractivity contribution is 5.85. The van der Waals surface area contributed by atoms with Crippen LogP contribution in [-0.2, 0) is 4.79 Å². The Morgan fingerprint density at radius 1 is 1.62 bits per heavy atom. The van der Waals surface area contributed by atoms with Gasteiger partial charge in [-0.2, -0.15) is 0 Å². The molecule has 0 amide bonds. The Bertz CT molecular complexity index is 228. The van der Waals surface area contributed by atoms with E-state index in [1.165, 1.54) is 6.08 Å². The highest BCUT2D eigenvalue weighted by Crippen LogP contribution is 2.04. The summed E-state index contributed by atoms with van der Waals surface area (Å²) in [6.45, 7) is 9.70. The van der Waals surface area contributed by atoms with Gasteiger partial charge < -0.3 is 0 Å². The molecular formula is C11H17NO. The molecule has 0 aliphatic rings. The summed E-state index contributed by atoms with van der Waals surface area (Å²) in [5, 5.41) is 0. The van der Waals surface area contributed by atoms with Gasteiger partial charge in [-0.1, -0.05) is 26.5 Å². The number of allylic oxidation sites excluding steroid dienone is 2. The molecule has 0 fully saturated rings. The lowest BCUT2D eigenvalue weighted by atomic mass is 10.0. The molecule has 0 heterocycles. The average molecular weight is 179 g/mol. The molecule has 0 aliphatic carbocycles. The Morgan fingerprint density at radius 3 is 2.62 bits per heavy atom. The minimum Gasteiger partial charge on any atom is -0.298 e. The van der Waals surface area contributed by atoms with Crippen molar-refractivity contribution in [1.29, 1.82) is 0 Å². The van der Waals surface area contributed by atoms with Crippen molar-refractivity contribution in [3.05, 3.63) is 24.4 Å². The average Bonchev–Trinajstić information content (AvgIpc) is 2.17. The highest BCUT2D eigenvalue weighted by atomic mass is 16.1. The van der Waals surface area contributed by atoms with Crippen LogP contribution in [0.5, 0.6) is 0 Å². The van der Waals surface area contributed by atoms with Gasteiger partial charge >= 0.3 is 0 Å². The summed E-state index contributed by atoms with van der Waals surface area (Å²) >= 11 is 0. The van der Waals surface area contributed by atoms with E-state index in [9.17, 15) is 4.79 Å². The maximum Gasteiger partial charge on any atom is 0.151 e. The minimum atomic E-state index is 0.467. The number of rotatable bonds is 5. The third-order valence-corrected chi connectivity index (χ3v) is 2.11. The molecule has 0 radical (unpaired) electrons. The molecule has 2 heteroatoms. The number of aldehydes is 1. The summed E-state index contributed by atoms with van der Waals surface area (Å²) in [5.41, 5.74) is 1.56. The zero-order chi connectivity index (χ0) is 10.3. The second-order valence-corrected chi connectivity index (χ2v) is 3.03. The first-order valence-electron chi connectivity index (χ1n) is 4.47. The number of nitrogens with zero attached hydrogens (tertiary/aromatic N) is 1. The van der Waals surface area contributed by atoms with Crippen molar-refractivity contribution in [2.75, 3.05) is 0 Å². The van der Waals surface area contributed by atoms with Gasteiger partial charge in [0.2, 0.25) is 0 Å². The van der Waals surface area contributed by atoms with Crippen molar-refractivity contribution in [2.45, 2.75) is 27.2 Å². The first-order chi connectivity index (χ1) is 6.15. The predicted octanol–water partition coefficient (Wildman–Crippen LogP) is 2.76. The SMILES string of the molecule is C=C/C(C=O)=C\N=C(C)C(C)CC. The Balaban J connectivity index is 4.47. The molecule has 0 aromatic heterocycles. The Hall–Kier alpha value is -1.18. The van der Waals surface area contributed by atoms with Crippen LogP contribution in [0.3, 0.4) is 0 Å². The molecular weight excluding hydrogens is 162 g/mol. The van der Waals surface area contributed by atoms with Gasteiger partial charge in [0.15, 0.2) is 6.29 Å². The van der Waals surface area contributed by atoms with E-state index < -0.39 is 0 Å². The third kappa shape index (κ3) is 4.41. The molecule has 0 aromatic rings. The Kier molecular flexibility index (Phi) is 5.77. The summed E-state index contributed by atoms with van der Waals surface area (Å²) in [7, 11) is 0. The van der Waals surface area contributed by atoms with Crippen LogP contribution in [0.15, 0.2) is 29.4 Å². The molecule has 72 valence electrons. The first-order valence-corrected chi connectivity index (χ1v) is 4.47. The van der Waals surface area contributed by atoms with Crippen LogP contribution in [0.1, 0.15) is 27.2 Å². The van der Waals surface area contributed by atoms with E-state index in [1.807, 2.05) is 6.92 Å². The van der Waals surface area contributed by atoms with Crippen LogP contribution in [0.25, 0.3) is 0 Å². The van der Waals surface area contributed by atoms with Crippen molar-refractivity contribution in [2.24, 2.45) is 10.9 Å². The van der Waals surface area contributed by atoms with Crippen molar-refractivity contribution in [3.63, 3.8) is 0 Å². The largest absolute Gasteiger partial charge is 0.298 e. The van der Waals surface area contributed by atoms with Gasteiger partial charge in [0.25, 0.3) is 0 Å². The van der Waals surface area contributed by atoms with E-state index in [0.29, 0.717) is 11.5 Å². The number of carbonyl (C=O) groups excluding carboxylic acids is 1. The molecule has 0 spiro atoms. The second-order valence-electron chi connectivity index (χ2n) is 3.03. The smallest absolute Gasteiger partial charge is 0.151 e. The van der Waals surface area contributed by atoms with Crippen LogP contribution < -0.4 is 0 Å². The highest BCUT2D eigenvalue weighted by Gasteiger charge is 2.00. The van der Waals surface area contributed by atoms with Crippen LogP contribution in [0, 0.1) is 5.92 Å². The summed E-state index contributed by atoms with van der Waals surface area (Å²) < 4.78 is 0. The van der Waals surface area contributed by atoms with E-state index in [-0.39, 0.29) is 0 Å². The zero-order valence-corrected chi connectivity index (χ0v) is 8.58. The Morgan fingerprint density at radius 2 is 2.23 bits per heavy atom. The van der Waals surface area contributed by atoms with Gasteiger partial charge in [-0.15, -0.1) is 0 Å². The predicted molar refractivity (Wildman–Crippen MR) is 56.9 cm³/mol. The molecule has 0 N–H and O–H groups in total. The molecule has 0 saturated heterocycles. The van der Waals surface area contributed by atoms with Gasteiger partial charge in [0.05, 0.1) is 0 Å². The molecule has 13 heavy (non-hydrogen) atoms. The van der Waals surface area contributed by atoms with E-state index >= 15 is 0 Å². The van der Waals surface area contributed by atoms with Gasteiger partial charge in [-0.25, -0.2) is 0 Å². The number of carbonyl (C=O) groups is 1. The van der Waals surface area contributed by atoms with Crippen molar-refractivity contribution < 1.29 is 4.79 Å². The van der Waals surface area contributed by atoms with E-state index in [2.05, 4.69) is 25.4 Å². The molecule has 0 rings (SSSR count). The van der Waals surface area contributed by atoms with Gasteiger partial charge in [-0.3, -0.25) is 9.79 Å². The summed E-state index contributed by atoms with van der Waals surface area (Å²) in [6, 6.07) is 0. The minimum absolute atomic E-state index is 0.467. The molecule has 1 unspecified atom stereocenters. The molecule has 0 aliphatic heterocycles. The lowest BCUT2D eigenvalue weighted by Crippen LogP contribution is -2.04. The van der Waals surface area contributed by atoms with Crippen LogP contribution in [-0.4, -0.2) is 12.0 Å². The second kappa shape index (κ2) is 6.35. The molecule has 0 aromatic carbocycles.